The number of ketones is 1. The van der Waals surface area contributed by atoms with Crippen molar-refractivity contribution < 1.29 is 28.5 Å². The molecule has 2 aromatic rings. The number of ether oxygens (including phenoxy) is 4. The van der Waals surface area contributed by atoms with Crippen LogP contribution in [0.3, 0.4) is 0 Å². The zero-order valence-electron chi connectivity index (χ0n) is 15.3. The molecule has 0 radical (unpaired) electrons. The molecule has 0 saturated heterocycles. The zero-order chi connectivity index (χ0) is 19.1. The first-order valence-electron chi connectivity index (χ1n) is 8.20. The van der Waals surface area contributed by atoms with Crippen molar-refractivity contribution in [3.63, 3.8) is 0 Å². The van der Waals surface area contributed by atoms with Gasteiger partial charge in [-0.25, -0.2) is 4.79 Å². The molecule has 0 amide bonds. The number of methoxy groups -OCH3 is 2. The molecule has 6 nitrogen and oxygen atoms in total. The second kappa shape index (κ2) is 8.89. The molecule has 0 bridgehead atoms. The molecule has 2 rings (SSSR count). The number of hydrogen-bond donors (Lipinski definition) is 0. The van der Waals surface area contributed by atoms with Gasteiger partial charge in [-0.05, 0) is 50.2 Å². The first-order chi connectivity index (χ1) is 12.5. The normalized spacial score (nSPS) is 11.4. The van der Waals surface area contributed by atoms with Gasteiger partial charge in [0.1, 0.15) is 22.8 Å². The molecule has 0 heterocycles. The van der Waals surface area contributed by atoms with E-state index in [0.717, 1.165) is 0 Å². The smallest absolute Gasteiger partial charge is 0.346 e. The molecule has 0 aliphatic heterocycles. The fourth-order valence-electron chi connectivity index (χ4n) is 2.44. The molecule has 0 spiro atoms. The molecular weight excluding hydrogens is 336 g/mol. The van der Waals surface area contributed by atoms with Gasteiger partial charge < -0.3 is 18.9 Å². The van der Waals surface area contributed by atoms with Crippen LogP contribution in [0.5, 0.6) is 17.2 Å². The van der Waals surface area contributed by atoms with Gasteiger partial charge in [-0.15, -0.1) is 0 Å². The summed E-state index contributed by atoms with van der Waals surface area (Å²) in [6.07, 6.45) is -0.963. The molecular formula is C20H22O6. The summed E-state index contributed by atoms with van der Waals surface area (Å²) >= 11 is 0. The van der Waals surface area contributed by atoms with Crippen LogP contribution in [-0.4, -0.2) is 38.7 Å². The Hall–Kier alpha value is -3.02. The molecule has 6 heteroatoms. The van der Waals surface area contributed by atoms with Crippen LogP contribution >= 0.6 is 0 Å². The quantitative estimate of drug-likeness (QED) is 0.531. The Morgan fingerprint density at radius 2 is 1.54 bits per heavy atom. The standard InChI is InChI=1S/C20H22O6/c1-5-25-15-11-9-14(10-12-15)19(21)13(2)26-20(22)18-16(23-3)7-6-8-17(18)24-4/h6-13H,5H2,1-4H3/t13-/m0/s1. The number of Topliss-reactive ketones (excluding diaryl/α,β-unsaturated/α-hetero) is 1. The van der Waals surface area contributed by atoms with Crippen molar-refractivity contribution in [1.82, 2.24) is 0 Å². The van der Waals surface area contributed by atoms with Crippen LogP contribution < -0.4 is 14.2 Å². The van der Waals surface area contributed by atoms with E-state index in [1.54, 1.807) is 42.5 Å². The lowest BCUT2D eigenvalue weighted by molar-refractivity contribution is 0.0312. The number of rotatable bonds is 8. The van der Waals surface area contributed by atoms with Crippen molar-refractivity contribution >= 4 is 11.8 Å². The van der Waals surface area contributed by atoms with Crippen LogP contribution in [-0.2, 0) is 4.74 Å². The summed E-state index contributed by atoms with van der Waals surface area (Å²) in [5.41, 5.74) is 0.574. The van der Waals surface area contributed by atoms with E-state index in [0.29, 0.717) is 29.4 Å². The summed E-state index contributed by atoms with van der Waals surface area (Å²) in [6, 6.07) is 11.6. The third-order valence-electron chi connectivity index (χ3n) is 3.73. The molecule has 0 aromatic heterocycles. The van der Waals surface area contributed by atoms with Crippen molar-refractivity contribution in [1.29, 1.82) is 0 Å². The van der Waals surface area contributed by atoms with Gasteiger partial charge >= 0.3 is 5.97 Å². The SMILES string of the molecule is CCOc1ccc(C(=O)[C@H](C)OC(=O)c2c(OC)cccc2OC)cc1. The van der Waals surface area contributed by atoms with Crippen molar-refractivity contribution in [3.8, 4) is 17.2 Å². The summed E-state index contributed by atoms with van der Waals surface area (Å²) in [6.45, 7) is 3.95. The van der Waals surface area contributed by atoms with Gasteiger partial charge in [0.15, 0.2) is 6.10 Å². The third kappa shape index (κ3) is 4.33. The van der Waals surface area contributed by atoms with Gasteiger partial charge in [0, 0.05) is 5.56 Å². The molecule has 138 valence electrons. The molecule has 0 aliphatic carbocycles. The highest BCUT2D eigenvalue weighted by atomic mass is 16.6. The molecule has 0 aliphatic rings. The highest BCUT2D eigenvalue weighted by Crippen LogP contribution is 2.29. The minimum Gasteiger partial charge on any atom is -0.496 e. The minimum absolute atomic E-state index is 0.142. The molecule has 0 fully saturated rings. The highest BCUT2D eigenvalue weighted by Gasteiger charge is 2.25. The van der Waals surface area contributed by atoms with E-state index in [-0.39, 0.29) is 11.3 Å². The van der Waals surface area contributed by atoms with Crippen molar-refractivity contribution in [2.45, 2.75) is 20.0 Å². The third-order valence-corrected chi connectivity index (χ3v) is 3.73. The highest BCUT2D eigenvalue weighted by molar-refractivity contribution is 6.02. The fraction of sp³-hybridized carbons (Fsp3) is 0.300. The van der Waals surface area contributed by atoms with Crippen LogP contribution in [0, 0.1) is 0 Å². The average Bonchev–Trinajstić information content (AvgIpc) is 2.67. The number of hydrogen-bond acceptors (Lipinski definition) is 6. The van der Waals surface area contributed by atoms with Crippen LogP contribution in [0.1, 0.15) is 34.6 Å². The molecule has 0 unspecified atom stereocenters. The molecule has 2 aromatic carbocycles. The summed E-state index contributed by atoms with van der Waals surface area (Å²) in [4.78, 5) is 25.0. The maximum absolute atomic E-state index is 12.5. The Morgan fingerprint density at radius 1 is 0.962 bits per heavy atom. The van der Waals surface area contributed by atoms with E-state index in [4.69, 9.17) is 18.9 Å². The lowest BCUT2D eigenvalue weighted by atomic mass is 10.1. The molecule has 0 saturated carbocycles. The lowest BCUT2D eigenvalue weighted by Gasteiger charge is -2.16. The lowest BCUT2D eigenvalue weighted by Crippen LogP contribution is -2.25. The Morgan fingerprint density at radius 3 is 2.04 bits per heavy atom. The van der Waals surface area contributed by atoms with Crippen molar-refractivity contribution in [2.24, 2.45) is 0 Å². The summed E-state index contributed by atoms with van der Waals surface area (Å²) < 4.78 is 21.1. The monoisotopic (exact) mass is 358 g/mol. The van der Waals surface area contributed by atoms with Crippen molar-refractivity contribution in [2.75, 3.05) is 20.8 Å². The summed E-state index contributed by atoms with van der Waals surface area (Å²) in [5, 5.41) is 0. The first-order valence-corrected chi connectivity index (χ1v) is 8.20. The number of carbonyl (C=O) groups is 2. The minimum atomic E-state index is -0.963. The van der Waals surface area contributed by atoms with Crippen LogP contribution in [0.25, 0.3) is 0 Å². The topological polar surface area (TPSA) is 71.1 Å². The molecule has 0 N–H and O–H groups in total. The number of esters is 1. The van der Waals surface area contributed by atoms with Gasteiger partial charge in [0.2, 0.25) is 5.78 Å². The van der Waals surface area contributed by atoms with E-state index >= 15 is 0 Å². The Balaban J connectivity index is 2.15. The van der Waals surface area contributed by atoms with Crippen LogP contribution in [0.4, 0.5) is 0 Å². The largest absolute Gasteiger partial charge is 0.496 e. The number of benzene rings is 2. The Labute approximate surface area is 152 Å². The molecule has 1 atom stereocenters. The number of carbonyl (C=O) groups excluding carboxylic acids is 2. The van der Waals surface area contributed by atoms with E-state index in [2.05, 4.69) is 0 Å². The van der Waals surface area contributed by atoms with Gasteiger partial charge in [0.05, 0.1) is 20.8 Å². The van der Waals surface area contributed by atoms with Crippen molar-refractivity contribution in [3.05, 3.63) is 53.6 Å². The Bertz CT molecular complexity index is 744. The van der Waals surface area contributed by atoms with Gasteiger partial charge in [0.25, 0.3) is 0 Å². The predicted molar refractivity (Wildman–Crippen MR) is 96.4 cm³/mol. The Kier molecular flexibility index (Phi) is 6.60. The van der Waals surface area contributed by atoms with E-state index in [1.807, 2.05) is 6.92 Å². The van der Waals surface area contributed by atoms with Gasteiger partial charge in [-0.2, -0.15) is 0 Å². The molecule has 26 heavy (non-hydrogen) atoms. The average molecular weight is 358 g/mol. The van der Waals surface area contributed by atoms with Gasteiger partial charge in [-0.1, -0.05) is 6.07 Å². The van der Waals surface area contributed by atoms with Crippen LogP contribution in [0.15, 0.2) is 42.5 Å². The van der Waals surface area contributed by atoms with E-state index < -0.39 is 12.1 Å². The maximum atomic E-state index is 12.5. The van der Waals surface area contributed by atoms with Gasteiger partial charge in [-0.3, -0.25) is 4.79 Å². The second-order valence-corrected chi connectivity index (χ2v) is 5.41. The fourth-order valence-corrected chi connectivity index (χ4v) is 2.44. The second-order valence-electron chi connectivity index (χ2n) is 5.41. The zero-order valence-corrected chi connectivity index (χ0v) is 15.3. The maximum Gasteiger partial charge on any atom is 0.346 e. The van der Waals surface area contributed by atoms with E-state index in [9.17, 15) is 9.59 Å². The summed E-state index contributed by atoms with van der Waals surface area (Å²) in [7, 11) is 2.89. The van der Waals surface area contributed by atoms with Crippen LogP contribution in [0.2, 0.25) is 0 Å². The predicted octanol–water partition coefficient (Wildman–Crippen LogP) is 3.53. The first kappa shape index (κ1) is 19.3. The summed E-state index contributed by atoms with van der Waals surface area (Å²) in [5.74, 6) is 0.305. The van der Waals surface area contributed by atoms with E-state index in [1.165, 1.54) is 21.1 Å².